The van der Waals surface area contributed by atoms with E-state index in [2.05, 4.69) is 20.3 Å². The normalized spacial score (nSPS) is 21.5. The van der Waals surface area contributed by atoms with Crippen LogP contribution in [0.15, 0.2) is 48.8 Å². The van der Waals surface area contributed by atoms with Gasteiger partial charge in [-0.15, -0.1) is 0 Å². The van der Waals surface area contributed by atoms with Crippen molar-refractivity contribution in [3.8, 4) is 5.75 Å². The number of imidazole rings is 1. The summed E-state index contributed by atoms with van der Waals surface area (Å²) in [5.74, 6) is 0.614. The van der Waals surface area contributed by atoms with Crippen molar-refractivity contribution in [3.05, 3.63) is 70.0 Å². The number of nitrogen functional groups attached to an aromatic ring is 1. The Morgan fingerprint density at radius 1 is 1.03 bits per heavy atom. The van der Waals surface area contributed by atoms with E-state index in [1.807, 2.05) is 6.07 Å². The molecule has 37 heavy (non-hydrogen) atoms. The second kappa shape index (κ2) is 10.7. The molecule has 4 atom stereocenters. The first-order chi connectivity index (χ1) is 17.8. The van der Waals surface area contributed by atoms with Gasteiger partial charge < -0.3 is 35.8 Å². The fraction of sp³-hybridized carbons (Fsp3) is 0.292. The second-order valence-corrected chi connectivity index (χ2v) is 9.38. The summed E-state index contributed by atoms with van der Waals surface area (Å²) >= 11 is 12.1. The Balaban J connectivity index is 1.36. The number of hydrogen-bond donors (Lipinski definition) is 5. The lowest BCUT2D eigenvalue weighted by molar-refractivity contribution is -0.0675. The maximum Gasteiger partial charge on any atom is 0.207 e. The summed E-state index contributed by atoms with van der Waals surface area (Å²) in [5.41, 5.74) is 8.34. The van der Waals surface area contributed by atoms with E-state index in [-0.39, 0.29) is 24.8 Å². The average molecular weight is 547 g/mol. The lowest BCUT2D eigenvalue weighted by Crippen LogP contribution is -2.34. The minimum Gasteiger partial charge on any atom is -0.508 e. The molecule has 1 fully saturated rings. The summed E-state index contributed by atoms with van der Waals surface area (Å²) < 4.78 is 13.3. The third-order valence-corrected chi connectivity index (χ3v) is 6.76. The zero-order chi connectivity index (χ0) is 26.1. The van der Waals surface area contributed by atoms with Crippen LogP contribution in [0, 0.1) is 0 Å². The van der Waals surface area contributed by atoms with Gasteiger partial charge in [0, 0.05) is 6.54 Å². The van der Waals surface area contributed by atoms with E-state index in [9.17, 15) is 15.3 Å². The van der Waals surface area contributed by atoms with Crippen LogP contribution in [0.3, 0.4) is 0 Å². The number of benzene rings is 2. The van der Waals surface area contributed by atoms with E-state index >= 15 is 0 Å². The Bertz CT molecular complexity index is 1400. The van der Waals surface area contributed by atoms with Crippen molar-refractivity contribution in [1.82, 2.24) is 19.5 Å². The number of nitrogens with two attached hydrogens (primary N) is 1. The largest absolute Gasteiger partial charge is 0.508 e. The van der Waals surface area contributed by atoms with Crippen LogP contribution in [-0.4, -0.2) is 59.8 Å². The molecule has 194 valence electrons. The molecule has 6 N–H and O–H groups in total. The summed E-state index contributed by atoms with van der Waals surface area (Å²) in [6.45, 7) is 0.575. The molecule has 13 heteroatoms. The predicted octanol–water partition coefficient (Wildman–Crippen LogP) is 2.87. The highest BCUT2D eigenvalue weighted by atomic mass is 35.5. The van der Waals surface area contributed by atoms with Crippen molar-refractivity contribution in [1.29, 1.82) is 0 Å². The van der Waals surface area contributed by atoms with Gasteiger partial charge >= 0.3 is 0 Å². The third kappa shape index (κ3) is 5.28. The number of hydrogen-bond acceptors (Lipinski definition) is 10. The van der Waals surface area contributed by atoms with E-state index in [1.54, 1.807) is 41.0 Å². The first-order valence-corrected chi connectivity index (χ1v) is 12.1. The van der Waals surface area contributed by atoms with Gasteiger partial charge in [-0.2, -0.15) is 0 Å². The Morgan fingerprint density at radius 2 is 1.78 bits per heavy atom. The highest BCUT2D eigenvalue weighted by molar-refractivity contribution is 6.42. The van der Waals surface area contributed by atoms with Gasteiger partial charge in [-0.3, -0.25) is 4.57 Å². The fourth-order valence-corrected chi connectivity index (χ4v) is 4.41. The van der Waals surface area contributed by atoms with Crippen molar-refractivity contribution in [3.63, 3.8) is 0 Å². The molecule has 0 amide bonds. The van der Waals surface area contributed by atoms with Crippen LogP contribution in [0.2, 0.25) is 10.0 Å². The summed E-state index contributed by atoms with van der Waals surface area (Å²) in [6.07, 6.45) is -3.11. The molecule has 4 aromatic rings. The highest BCUT2D eigenvalue weighted by Crippen LogP contribution is 2.35. The van der Waals surface area contributed by atoms with Crippen LogP contribution in [0.5, 0.6) is 5.75 Å². The summed E-state index contributed by atoms with van der Waals surface area (Å²) in [4.78, 5) is 12.8. The van der Waals surface area contributed by atoms with Gasteiger partial charge in [0.1, 0.15) is 30.4 Å². The van der Waals surface area contributed by atoms with Crippen molar-refractivity contribution in [2.75, 3.05) is 17.7 Å². The van der Waals surface area contributed by atoms with E-state index in [0.29, 0.717) is 33.7 Å². The first kappa shape index (κ1) is 25.5. The van der Waals surface area contributed by atoms with Gasteiger partial charge in [0.2, 0.25) is 5.95 Å². The number of halogens is 2. The molecule has 11 nitrogen and oxygen atoms in total. The topological polar surface area (TPSA) is 161 Å². The summed E-state index contributed by atoms with van der Waals surface area (Å²) in [7, 11) is 0. The summed E-state index contributed by atoms with van der Waals surface area (Å²) in [5, 5.41) is 35.1. The number of aliphatic hydroxyl groups excluding tert-OH is 2. The van der Waals surface area contributed by atoms with E-state index < -0.39 is 24.5 Å². The Labute approximate surface area is 221 Å². The fourth-order valence-electron chi connectivity index (χ4n) is 4.09. The van der Waals surface area contributed by atoms with Gasteiger partial charge in [-0.25, -0.2) is 15.0 Å². The molecule has 5 rings (SSSR count). The predicted molar refractivity (Wildman–Crippen MR) is 137 cm³/mol. The van der Waals surface area contributed by atoms with Crippen LogP contribution < -0.4 is 11.1 Å². The minimum absolute atomic E-state index is 0.0192. The molecule has 1 aliphatic rings. The molecule has 0 saturated carbocycles. The maximum atomic E-state index is 10.9. The molecule has 0 spiro atoms. The van der Waals surface area contributed by atoms with Crippen LogP contribution in [0.1, 0.15) is 17.4 Å². The van der Waals surface area contributed by atoms with E-state index in [4.69, 9.17) is 38.4 Å². The van der Waals surface area contributed by atoms with Crippen LogP contribution >= 0.6 is 23.2 Å². The number of anilines is 2. The zero-order valence-corrected chi connectivity index (χ0v) is 20.8. The van der Waals surface area contributed by atoms with Gasteiger partial charge in [0.15, 0.2) is 23.2 Å². The molecule has 0 bridgehead atoms. The standard InChI is InChI=1S/C24H24Cl2N6O5/c25-15-6-3-13(7-16(15)26)8-28-24-31-18-21(27)29-11-30-22(18)32(24)23-20(35)19(34)17(37-23)10-36-9-12-1-4-14(33)5-2-12/h1-7,11,17,19-20,23,33-35H,8-10H2,(H,28,31)(H2,27,29,30)/t17-,19?,20?,23-/m1/s1. The van der Waals surface area contributed by atoms with Gasteiger partial charge in [0.05, 0.1) is 23.3 Å². The van der Waals surface area contributed by atoms with Crippen LogP contribution in [-0.2, 0) is 22.6 Å². The Hall–Kier alpha value is -3.19. The number of rotatable bonds is 8. The zero-order valence-electron chi connectivity index (χ0n) is 19.3. The van der Waals surface area contributed by atoms with Crippen LogP contribution in [0.4, 0.5) is 11.8 Å². The lowest BCUT2D eigenvalue weighted by atomic mass is 10.1. The maximum absolute atomic E-state index is 10.9. The quantitative estimate of drug-likeness (QED) is 0.222. The monoisotopic (exact) mass is 546 g/mol. The van der Waals surface area contributed by atoms with Crippen molar-refractivity contribution >= 4 is 46.1 Å². The van der Waals surface area contributed by atoms with Gasteiger partial charge in [-0.05, 0) is 35.4 Å². The number of phenols is 1. The molecule has 2 aromatic carbocycles. The first-order valence-electron chi connectivity index (χ1n) is 11.3. The molecule has 3 heterocycles. The van der Waals surface area contributed by atoms with Crippen LogP contribution in [0.25, 0.3) is 11.2 Å². The highest BCUT2D eigenvalue weighted by Gasteiger charge is 2.45. The number of aliphatic hydroxyl groups is 2. The molecule has 1 saturated heterocycles. The number of nitrogens with zero attached hydrogens (tertiary/aromatic N) is 4. The van der Waals surface area contributed by atoms with Crippen molar-refractivity contribution in [2.45, 2.75) is 37.7 Å². The smallest absolute Gasteiger partial charge is 0.207 e. The number of fused-ring (bicyclic) bond motifs is 1. The van der Waals surface area contributed by atoms with E-state index in [1.165, 1.54) is 6.33 Å². The molecule has 0 radical (unpaired) electrons. The molecule has 1 aliphatic heterocycles. The van der Waals surface area contributed by atoms with Crippen molar-refractivity contribution < 1.29 is 24.8 Å². The number of aromatic nitrogens is 4. The molecule has 2 aromatic heterocycles. The summed E-state index contributed by atoms with van der Waals surface area (Å²) in [6, 6.07) is 11.8. The molecule has 0 aliphatic carbocycles. The van der Waals surface area contributed by atoms with Crippen molar-refractivity contribution in [2.24, 2.45) is 0 Å². The number of ether oxygens (including phenoxy) is 2. The number of aromatic hydroxyl groups is 1. The molecular formula is C24H24Cl2N6O5. The van der Waals surface area contributed by atoms with Gasteiger partial charge in [-0.1, -0.05) is 41.4 Å². The van der Waals surface area contributed by atoms with E-state index in [0.717, 1.165) is 11.1 Å². The number of phenolic OH excluding ortho intramolecular Hbond substituents is 1. The minimum atomic E-state index is -1.30. The lowest BCUT2D eigenvalue weighted by Gasteiger charge is -2.20. The third-order valence-electron chi connectivity index (χ3n) is 6.02. The SMILES string of the molecule is Nc1ncnc2c1nc(NCc1ccc(Cl)c(Cl)c1)n2[C@@H]1O[C@H](COCc2ccc(O)cc2)C(O)C1O. The Morgan fingerprint density at radius 3 is 2.54 bits per heavy atom. The second-order valence-electron chi connectivity index (χ2n) is 8.57. The van der Waals surface area contributed by atoms with Gasteiger partial charge in [0.25, 0.3) is 0 Å². The molecular weight excluding hydrogens is 523 g/mol. The Kier molecular flexibility index (Phi) is 7.33. The molecule has 2 unspecified atom stereocenters. The number of nitrogens with one attached hydrogen (secondary N) is 1. The average Bonchev–Trinajstić information content (AvgIpc) is 3.39.